The van der Waals surface area contributed by atoms with Gasteiger partial charge in [-0.25, -0.2) is 9.18 Å². The number of carbonyl (C=O) groups excluding carboxylic acids is 3. The monoisotopic (exact) mass is 350 g/mol. The number of rotatable bonds is 4. The summed E-state index contributed by atoms with van der Waals surface area (Å²) in [6.45, 7) is -0.0576. The fourth-order valence-corrected chi connectivity index (χ4v) is 2.45. The molecule has 0 aromatic heterocycles. The molecule has 0 aliphatic carbocycles. The van der Waals surface area contributed by atoms with E-state index in [1.54, 1.807) is 12.2 Å². The molecule has 0 radical (unpaired) electrons. The van der Waals surface area contributed by atoms with Gasteiger partial charge in [-0.1, -0.05) is 54.6 Å². The van der Waals surface area contributed by atoms with Gasteiger partial charge < -0.3 is 0 Å². The average Bonchev–Trinajstić information content (AvgIpc) is 2.64. The molecule has 2 aromatic rings. The van der Waals surface area contributed by atoms with Crippen LogP contribution in [-0.2, 0) is 16.1 Å². The second kappa shape index (κ2) is 7.57. The molecule has 5 nitrogen and oxygen atoms in total. The van der Waals surface area contributed by atoms with E-state index >= 15 is 0 Å². The molecule has 0 unspecified atom stereocenters. The van der Waals surface area contributed by atoms with Crippen LogP contribution in [0.25, 0.3) is 6.08 Å². The predicted octanol–water partition coefficient (Wildman–Crippen LogP) is 3.04. The van der Waals surface area contributed by atoms with E-state index in [0.29, 0.717) is 5.56 Å². The van der Waals surface area contributed by atoms with Crippen molar-refractivity contribution < 1.29 is 18.8 Å². The lowest BCUT2D eigenvalue weighted by Gasteiger charge is -2.26. The molecule has 2 aromatic carbocycles. The molecule has 4 amide bonds. The molecule has 1 fully saturated rings. The van der Waals surface area contributed by atoms with Gasteiger partial charge in [0.25, 0.3) is 11.8 Å². The average molecular weight is 350 g/mol. The number of nitrogens with one attached hydrogen (secondary N) is 1. The number of amides is 4. The van der Waals surface area contributed by atoms with Crippen molar-refractivity contribution in [2.45, 2.75) is 6.54 Å². The Balaban J connectivity index is 1.79. The van der Waals surface area contributed by atoms with Gasteiger partial charge >= 0.3 is 6.03 Å². The van der Waals surface area contributed by atoms with Crippen LogP contribution in [0.3, 0.4) is 0 Å². The van der Waals surface area contributed by atoms with Crippen molar-refractivity contribution in [2.75, 3.05) is 0 Å². The number of imide groups is 2. The molecule has 0 spiro atoms. The molecular formula is C20H15FN2O3. The van der Waals surface area contributed by atoms with E-state index in [4.69, 9.17) is 0 Å². The van der Waals surface area contributed by atoms with Gasteiger partial charge in [-0.15, -0.1) is 0 Å². The SMILES string of the molecule is O=C1NC(=O)N(Cc2ccc(F)cc2)C(=O)/C1=C/C=C/c1ccccc1. The highest BCUT2D eigenvalue weighted by molar-refractivity contribution is 6.28. The maximum Gasteiger partial charge on any atom is 0.331 e. The quantitative estimate of drug-likeness (QED) is 0.681. The predicted molar refractivity (Wildman–Crippen MR) is 94.0 cm³/mol. The van der Waals surface area contributed by atoms with Crippen LogP contribution in [-0.4, -0.2) is 22.7 Å². The third-order valence-corrected chi connectivity index (χ3v) is 3.79. The summed E-state index contributed by atoms with van der Waals surface area (Å²) in [6, 6.07) is 14.0. The van der Waals surface area contributed by atoms with E-state index in [1.165, 1.54) is 30.3 Å². The Morgan fingerprint density at radius 2 is 1.65 bits per heavy atom. The molecule has 3 rings (SSSR count). The summed E-state index contributed by atoms with van der Waals surface area (Å²) in [4.78, 5) is 37.4. The lowest BCUT2D eigenvalue weighted by molar-refractivity contribution is -0.130. The van der Waals surface area contributed by atoms with Crippen molar-refractivity contribution in [2.24, 2.45) is 0 Å². The van der Waals surface area contributed by atoms with E-state index < -0.39 is 23.7 Å². The largest absolute Gasteiger partial charge is 0.331 e. The van der Waals surface area contributed by atoms with Crippen LogP contribution < -0.4 is 5.32 Å². The van der Waals surface area contributed by atoms with Crippen LogP contribution in [0.2, 0.25) is 0 Å². The first-order valence-corrected chi connectivity index (χ1v) is 7.89. The lowest BCUT2D eigenvalue weighted by atomic mass is 10.1. The number of hydrogen-bond acceptors (Lipinski definition) is 3. The number of urea groups is 1. The van der Waals surface area contributed by atoms with Crippen LogP contribution in [0.1, 0.15) is 11.1 Å². The minimum absolute atomic E-state index is 0.0576. The van der Waals surface area contributed by atoms with Crippen molar-refractivity contribution in [3.8, 4) is 0 Å². The number of benzene rings is 2. The standard InChI is InChI=1S/C20H15FN2O3/c21-16-11-9-15(10-12-16)13-23-19(25)17(18(24)22-20(23)26)8-4-7-14-5-2-1-3-6-14/h1-12H,13H2,(H,22,24,26)/b7-4+,17-8+. The first-order chi connectivity index (χ1) is 12.5. The first-order valence-electron chi connectivity index (χ1n) is 7.89. The lowest BCUT2D eigenvalue weighted by Crippen LogP contribution is -2.53. The molecule has 0 bridgehead atoms. The molecule has 1 N–H and O–H groups in total. The van der Waals surface area contributed by atoms with E-state index in [9.17, 15) is 18.8 Å². The molecule has 0 atom stereocenters. The zero-order valence-electron chi connectivity index (χ0n) is 13.7. The van der Waals surface area contributed by atoms with Gasteiger partial charge in [0.1, 0.15) is 11.4 Å². The van der Waals surface area contributed by atoms with E-state index in [2.05, 4.69) is 5.32 Å². The van der Waals surface area contributed by atoms with Gasteiger partial charge in [0, 0.05) is 0 Å². The van der Waals surface area contributed by atoms with Gasteiger partial charge in [-0.2, -0.15) is 0 Å². The van der Waals surface area contributed by atoms with E-state index in [0.717, 1.165) is 10.5 Å². The second-order valence-electron chi connectivity index (χ2n) is 5.63. The number of allylic oxidation sites excluding steroid dienone is 2. The zero-order valence-corrected chi connectivity index (χ0v) is 13.7. The summed E-state index contributed by atoms with van der Waals surface area (Å²) in [6.07, 6.45) is 4.69. The third kappa shape index (κ3) is 3.92. The van der Waals surface area contributed by atoms with Gasteiger partial charge in [-0.05, 0) is 29.3 Å². The molecule has 1 aliphatic rings. The van der Waals surface area contributed by atoms with Gasteiger partial charge in [0.2, 0.25) is 0 Å². The van der Waals surface area contributed by atoms with Crippen LogP contribution in [0.15, 0.2) is 72.3 Å². The minimum atomic E-state index is -0.798. The van der Waals surface area contributed by atoms with Crippen molar-refractivity contribution in [1.29, 1.82) is 0 Å². The van der Waals surface area contributed by atoms with Crippen LogP contribution in [0.4, 0.5) is 9.18 Å². The van der Waals surface area contributed by atoms with Gasteiger partial charge in [0.15, 0.2) is 0 Å². The normalized spacial score (nSPS) is 16.4. The maximum atomic E-state index is 13.0. The summed E-state index contributed by atoms with van der Waals surface area (Å²) in [5.41, 5.74) is 1.34. The van der Waals surface area contributed by atoms with E-state index in [-0.39, 0.29) is 12.1 Å². The number of barbiturate groups is 1. The minimum Gasteiger partial charge on any atom is -0.273 e. The number of carbonyl (C=O) groups is 3. The molecule has 130 valence electrons. The van der Waals surface area contributed by atoms with Crippen molar-refractivity contribution in [3.05, 3.63) is 89.3 Å². The maximum absolute atomic E-state index is 13.0. The molecular weight excluding hydrogens is 335 g/mol. The van der Waals surface area contributed by atoms with Crippen molar-refractivity contribution in [3.63, 3.8) is 0 Å². The zero-order chi connectivity index (χ0) is 18.5. The second-order valence-corrected chi connectivity index (χ2v) is 5.63. The highest BCUT2D eigenvalue weighted by Crippen LogP contribution is 2.15. The van der Waals surface area contributed by atoms with Crippen LogP contribution in [0.5, 0.6) is 0 Å². The van der Waals surface area contributed by atoms with Gasteiger partial charge in [-0.3, -0.25) is 19.8 Å². The highest BCUT2D eigenvalue weighted by Gasteiger charge is 2.35. The summed E-state index contributed by atoms with van der Waals surface area (Å²) in [5, 5.41) is 2.14. The Bertz CT molecular complexity index is 902. The Morgan fingerprint density at radius 3 is 2.35 bits per heavy atom. The van der Waals surface area contributed by atoms with Crippen molar-refractivity contribution in [1.82, 2.24) is 10.2 Å². The van der Waals surface area contributed by atoms with Crippen LogP contribution >= 0.6 is 0 Å². The molecule has 1 heterocycles. The number of hydrogen-bond donors (Lipinski definition) is 1. The highest BCUT2D eigenvalue weighted by atomic mass is 19.1. The molecule has 0 saturated carbocycles. The molecule has 6 heteroatoms. The fraction of sp³-hybridized carbons (Fsp3) is 0.0500. The summed E-state index contributed by atoms with van der Waals surface area (Å²) >= 11 is 0. The Morgan fingerprint density at radius 1 is 0.962 bits per heavy atom. The molecule has 26 heavy (non-hydrogen) atoms. The Labute approximate surface area is 149 Å². The first kappa shape index (κ1) is 17.3. The molecule has 1 saturated heterocycles. The van der Waals surface area contributed by atoms with Crippen molar-refractivity contribution >= 4 is 23.9 Å². The Hall–Kier alpha value is -3.54. The number of nitrogens with zero attached hydrogens (tertiary/aromatic N) is 1. The molecule has 1 aliphatic heterocycles. The fourth-order valence-electron chi connectivity index (χ4n) is 2.45. The summed E-state index contributed by atoms with van der Waals surface area (Å²) in [7, 11) is 0. The summed E-state index contributed by atoms with van der Waals surface area (Å²) < 4.78 is 13.0. The Kier molecular flexibility index (Phi) is 5.03. The summed E-state index contributed by atoms with van der Waals surface area (Å²) in [5.74, 6) is -1.85. The topological polar surface area (TPSA) is 66.5 Å². The number of halogens is 1. The van der Waals surface area contributed by atoms with Crippen LogP contribution in [0, 0.1) is 5.82 Å². The third-order valence-electron chi connectivity index (χ3n) is 3.79. The van der Waals surface area contributed by atoms with E-state index in [1.807, 2.05) is 30.3 Å². The smallest absolute Gasteiger partial charge is 0.273 e. The van der Waals surface area contributed by atoms with Gasteiger partial charge in [0.05, 0.1) is 6.54 Å².